The molecular weight excluding hydrogens is 504 g/mol. The molecule has 5 rings (SSSR count). The molecule has 1 atom stereocenters. The minimum atomic E-state index is -4.29. The van der Waals surface area contributed by atoms with Gasteiger partial charge < -0.3 is 14.2 Å². The molecule has 196 valence electrons. The number of carbonyl (C=O) groups is 1. The van der Waals surface area contributed by atoms with Crippen LogP contribution in [0.15, 0.2) is 84.5 Å². The third-order valence-electron chi connectivity index (χ3n) is 7.04. The smallest absolute Gasteiger partial charge is 0.281 e. The zero-order valence-corrected chi connectivity index (χ0v) is 22.1. The number of imidazole rings is 1. The lowest BCUT2D eigenvalue weighted by molar-refractivity contribution is 0.0981. The molecule has 38 heavy (non-hydrogen) atoms. The second-order valence-electron chi connectivity index (χ2n) is 9.68. The van der Waals surface area contributed by atoms with Gasteiger partial charge in [-0.3, -0.25) is 4.79 Å². The maximum Gasteiger partial charge on any atom is 0.281 e. The van der Waals surface area contributed by atoms with E-state index < -0.39 is 15.9 Å². The van der Waals surface area contributed by atoms with Crippen molar-refractivity contribution in [3.63, 3.8) is 0 Å². The van der Waals surface area contributed by atoms with Crippen LogP contribution < -0.4 is 14.4 Å². The molecule has 11 heteroatoms. The normalized spacial score (nSPS) is 16.8. The van der Waals surface area contributed by atoms with Crippen molar-refractivity contribution in [2.24, 2.45) is 5.92 Å². The highest BCUT2D eigenvalue weighted by molar-refractivity contribution is 7.90. The topological polar surface area (TPSA) is 119 Å². The van der Waals surface area contributed by atoms with Crippen molar-refractivity contribution in [1.29, 1.82) is 0 Å². The largest absolute Gasteiger partial charge is 0.439 e. The number of benzene rings is 1. The number of nitrogens with one attached hydrogen (secondary N) is 1. The van der Waals surface area contributed by atoms with Crippen LogP contribution >= 0.6 is 0 Å². The molecule has 0 spiro atoms. The van der Waals surface area contributed by atoms with Crippen LogP contribution in [0, 0.1) is 5.92 Å². The van der Waals surface area contributed by atoms with Crippen LogP contribution in [-0.4, -0.2) is 45.9 Å². The number of amides is 1. The number of pyridine rings is 2. The summed E-state index contributed by atoms with van der Waals surface area (Å²) >= 11 is 0. The molecule has 10 nitrogen and oxygen atoms in total. The van der Waals surface area contributed by atoms with Crippen molar-refractivity contribution in [3.05, 3.63) is 85.1 Å². The van der Waals surface area contributed by atoms with E-state index in [0.717, 1.165) is 18.7 Å². The van der Waals surface area contributed by atoms with Gasteiger partial charge in [0.25, 0.3) is 15.9 Å². The third-order valence-corrected chi connectivity index (χ3v) is 8.27. The number of ether oxygens (including phenoxy) is 1. The molecule has 0 aliphatic carbocycles. The minimum absolute atomic E-state index is 0.0746. The van der Waals surface area contributed by atoms with Crippen molar-refractivity contribution in [2.45, 2.75) is 37.8 Å². The number of nitrogens with zero attached hydrogens (tertiary/aromatic N) is 5. The highest BCUT2D eigenvalue weighted by Crippen LogP contribution is 2.38. The molecule has 0 bridgehead atoms. The van der Waals surface area contributed by atoms with Crippen molar-refractivity contribution in [3.8, 4) is 17.3 Å². The fourth-order valence-corrected chi connectivity index (χ4v) is 5.38. The molecule has 3 aromatic heterocycles. The Morgan fingerprint density at radius 3 is 2.55 bits per heavy atom. The van der Waals surface area contributed by atoms with Crippen LogP contribution in [0.5, 0.6) is 11.6 Å². The van der Waals surface area contributed by atoms with Crippen LogP contribution in [0.2, 0.25) is 0 Å². The summed E-state index contributed by atoms with van der Waals surface area (Å²) in [6, 6.07) is 14.7. The van der Waals surface area contributed by atoms with E-state index in [1.54, 1.807) is 49.1 Å². The van der Waals surface area contributed by atoms with Gasteiger partial charge in [0.1, 0.15) is 11.6 Å². The number of hydrogen-bond acceptors (Lipinski definition) is 8. The molecule has 1 unspecified atom stereocenters. The summed E-state index contributed by atoms with van der Waals surface area (Å²) in [5.41, 5.74) is 0.846. The van der Waals surface area contributed by atoms with Gasteiger partial charge in [-0.15, -0.1) is 0 Å². The van der Waals surface area contributed by atoms with E-state index in [4.69, 9.17) is 4.74 Å². The summed E-state index contributed by atoms with van der Waals surface area (Å²) in [5.74, 6) is 0.622. The Labute approximate surface area is 221 Å². The zero-order valence-electron chi connectivity index (χ0n) is 21.3. The lowest BCUT2D eigenvalue weighted by Crippen LogP contribution is -2.43. The van der Waals surface area contributed by atoms with E-state index >= 15 is 0 Å². The summed E-state index contributed by atoms with van der Waals surface area (Å²) in [5, 5.41) is -0.334. The van der Waals surface area contributed by atoms with Gasteiger partial charge in [0.15, 0.2) is 5.03 Å². The maximum absolute atomic E-state index is 13.2. The second kappa shape index (κ2) is 9.90. The number of sulfonamides is 1. The van der Waals surface area contributed by atoms with E-state index in [-0.39, 0.29) is 22.0 Å². The van der Waals surface area contributed by atoms with Crippen molar-refractivity contribution in [1.82, 2.24) is 24.2 Å². The van der Waals surface area contributed by atoms with Gasteiger partial charge in [-0.05, 0) is 68.7 Å². The van der Waals surface area contributed by atoms with Crippen molar-refractivity contribution < 1.29 is 17.9 Å². The fraction of sp³-hybridized carbons (Fsp3) is 0.259. The quantitative estimate of drug-likeness (QED) is 0.376. The highest BCUT2D eigenvalue weighted by Gasteiger charge is 2.40. The van der Waals surface area contributed by atoms with Crippen LogP contribution in [0.1, 0.15) is 37.6 Å². The SMILES string of the molecule is CC1CCN(c2ncccc2C(=O)NS(=O)(=O)c2cccc(Oc3ccc(-n4ccnc4)cc3)n2)C1(C)C. The summed E-state index contributed by atoms with van der Waals surface area (Å²) < 4.78 is 36.0. The standard InChI is InChI=1S/C27H28N6O4S/c1-19-13-16-33(27(19,2)3)25-22(6-5-14-29-25)26(34)31-38(35,36)24-8-4-7-23(30-24)37-21-11-9-20(10-12-21)32-17-15-28-18-32/h4-12,14-15,17-19H,13,16H2,1-3H3,(H,31,34). The van der Waals surface area contributed by atoms with Crippen LogP contribution in [0.3, 0.4) is 0 Å². The van der Waals surface area contributed by atoms with Crippen LogP contribution in [0.25, 0.3) is 5.69 Å². The molecule has 4 aromatic rings. The van der Waals surface area contributed by atoms with E-state index in [0.29, 0.717) is 17.5 Å². The predicted molar refractivity (Wildman–Crippen MR) is 142 cm³/mol. The Bertz CT molecular complexity index is 1550. The van der Waals surface area contributed by atoms with Crippen LogP contribution in [0.4, 0.5) is 5.82 Å². The fourth-order valence-electron chi connectivity index (χ4n) is 4.45. The van der Waals surface area contributed by atoms with Crippen molar-refractivity contribution >= 4 is 21.7 Å². The highest BCUT2D eigenvalue weighted by atomic mass is 32.2. The van der Waals surface area contributed by atoms with Gasteiger partial charge in [0.2, 0.25) is 5.88 Å². The minimum Gasteiger partial charge on any atom is -0.439 e. The summed E-state index contributed by atoms with van der Waals surface area (Å²) in [6.45, 7) is 7.07. The molecule has 1 amide bonds. The van der Waals surface area contributed by atoms with E-state index in [2.05, 4.69) is 45.3 Å². The average molecular weight is 533 g/mol. The Balaban J connectivity index is 1.34. The lowest BCUT2D eigenvalue weighted by atomic mass is 9.90. The first-order chi connectivity index (χ1) is 18.1. The number of aromatic nitrogens is 4. The Morgan fingerprint density at radius 1 is 1.08 bits per heavy atom. The third kappa shape index (κ3) is 4.97. The zero-order chi connectivity index (χ0) is 26.9. The summed E-state index contributed by atoms with van der Waals surface area (Å²) in [7, 11) is -4.29. The number of anilines is 1. The molecule has 1 aliphatic heterocycles. The van der Waals surface area contributed by atoms with Gasteiger partial charge in [0, 0.05) is 42.4 Å². The monoisotopic (exact) mass is 532 g/mol. The van der Waals surface area contributed by atoms with Gasteiger partial charge in [-0.25, -0.2) is 14.7 Å². The first-order valence-electron chi connectivity index (χ1n) is 12.2. The number of hydrogen-bond donors (Lipinski definition) is 1. The number of carbonyl (C=O) groups excluding carboxylic acids is 1. The predicted octanol–water partition coefficient (Wildman–Crippen LogP) is 4.20. The molecule has 1 aromatic carbocycles. The molecule has 1 N–H and O–H groups in total. The van der Waals surface area contributed by atoms with Gasteiger partial charge in [-0.2, -0.15) is 13.4 Å². The van der Waals surface area contributed by atoms with Gasteiger partial charge >= 0.3 is 0 Å². The Hall–Kier alpha value is -4.25. The molecule has 1 saturated heterocycles. The molecular formula is C27H28N6O4S. The van der Waals surface area contributed by atoms with E-state index in [9.17, 15) is 13.2 Å². The lowest BCUT2D eigenvalue weighted by Gasteiger charge is -2.36. The Kier molecular flexibility index (Phi) is 6.62. The summed E-state index contributed by atoms with van der Waals surface area (Å²) in [4.78, 5) is 27.8. The van der Waals surface area contributed by atoms with E-state index in [1.165, 1.54) is 12.1 Å². The first-order valence-corrected chi connectivity index (χ1v) is 13.7. The van der Waals surface area contributed by atoms with E-state index in [1.807, 2.05) is 22.9 Å². The maximum atomic E-state index is 13.2. The van der Waals surface area contributed by atoms with Crippen molar-refractivity contribution in [2.75, 3.05) is 11.4 Å². The Morgan fingerprint density at radius 2 is 1.87 bits per heavy atom. The molecule has 0 radical (unpaired) electrons. The average Bonchev–Trinajstić information content (AvgIpc) is 3.53. The first kappa shape index (κ1) is 25.4. The number of rotatable bonds is 7. The second-order valence-corrected chi connectivity index (χ2v) is 11.3. The van der Waals surface area contributed by atoms with Crippen LogP contribution in [-0.2, 0) is 10.0 Å². The summed E-state index contributed by atoms with van der Waals surface area (Å²) in [6.07, 6.45) is 7.74. The molecule has 4 heterocycles. The molecule has 0 saturated carbocycles. The van der Waals surface area contributed by atoms with Gasteiger partial charge in [0.05, 0.1) is 11.9 Å². The molecule has 1 fully saturated rings. The molecule has 1 aliphatic rings. The van der Waals surface area contributed by atoms with Gasteiger partial charge in [-0.1, -0.05) is 13.0 Å².